The lowest BCUT2D eigenvalue weighted by Gasteiger charge is -2.30. The number of hydrogen-bond donors (Lipinski definition) is 2. The molecule has 4 nitrogen and oxygen atoms in total. The van der Waals surface area contributed by atoms with Crippen LogP contribution in [0.1, 0.15) is 45.4 Å². The Balaban J connectivity index is 0.00000220. The topological polar surface area (TPSA) is 44.4 Å². The van der Waals surface area contributed by atoms with Crippen LogP contribution in [0.5, 0.6) is 0 Å². The van der Waals surface area contributed by atoms with Crippen molar-refractivity contribution in [2.75, 3.05) is 39.3 Å². The molecule has 0 spiro atoms. The lowest BCUT2D eigenvalue weighted by Crippen LogP contribution is -2.35. The van der Waals surface area contributed by atoms with Gasteiger partial charge in [-0.2, -0.15) is 0 Å². The summed E-state index contributed by atoms with van der Waals surface area (Å²) in [5.74, 6) is 1.86. The molecule has 0 saturated carbocycles. The molecule has 0 aromatic carbocycles. The van der Waals surface area contributed by atoms with E-state index in [9.17, 15) is 4.79 Å². The molecule has 6 heteroatoms. The van der Waals surface area contributed by atoms with Crippen molar-refractivity contribution in [1.29, 1.82) is 0 Å². The zero-order valence-corrected chi connectivity index (χ0v) is 15.4. The molecule has 0 bridgehead atoms. The molecule has 2 saturated heterocycles. The highest BCUT2D eigenvalue weighted by Crippen LogP contribution is 2.16. The summed E-state index contributed by atoms with van der Waals surface area (Å²) in [4.78, 5) is 14.3. The summed E-state index contributed by atoms with van der Waals surface area (Å²) in [6.07, 6.45) is 6.74. The minimum Gasteiger partial charge on any atom is -0.356 e. The maximum atomic E-state index is 11.7. The van der Waals surface area contributed by atoms with Crippen LogP contribution in [0.4, 0.5) is 0 Å². The van der Waals surface area contributed by atoms with E-state index in [0.29, 0.717) is 6.42 Å². The molecule has 2 fully saturated rings. The molecule has 0 aromatic rings. The normalized spacial score (nSPS) is 22.7. The van der Waals surface area contributed by atoms with Gasteiger partial charge in [0.05, 0.1) is 0 Å². The summed E-state index contributed by atoms with van der Waals surface area (Å²) in [7, 11) is 0. The Labute approximate surface area is 148 Å². The van der Waals surface area contributed by atoms with Crippen LogP contribution in [0, 0.1) is 11.8 Å². The number of rotatable bonds is 7. The van der Waals surface area contributed by atoms with Gasteiger partial charge in [-0.3, -0.25) is 4.79 Å². The van der Waals surface area contributed by atoms with E-state index in [1.165, 1.54) is 32.4 Å². The summed E-state index contributed by atoms with van der Waals surface area (Å²) in [5.41, 5.74) is 0. The second-order valence-electron chi connectivity index (χ2n) is 6.63. The molecular weight excluding hydrogens is 321 g/mol. The molecule has 2 aliphatic rings. The Hall–Kier alpha value is -0.0300. The standard InChI is InChI=1S/C16H31N3O.2ClH/c1-14-6-11-19(12-7-14)10-2-8-18-16(20)4-3-15-5-9-17-13-15;;/h14-15,17H,2-13H2,1H3,(H,18,20);2*1H. The number of halogens is 2. The first-order chi connectivity index (χ1) is 9.74. The van der Waals surface area contributed by atoms with Gasteiger partial charge in [0.25, 0.3) is 0 Å². The second-order valence-corrected chi connectivity index (χ2v) is 6.63. The third kappa shape index (κ3) is 8.56. The van der Waals surface area contributed by atoms with Gasteiger partial charge in [-0.1, -0.05) is 6.92 Å². The van der Waals surface area contributed by atoms with E-state index in [1.54, 1.807) is 0 Å². The fraction of sp³-hybridized carbons (Fsp3) is 0.938. The molecule has 2 N–H and O–H groups in total. The Morgan fingerprint density at radius 1 is 1.23 bits per heavy atom. The number of carbonyl (C=O) groups excluding carboxylic acids is 1. The molecule has 1 unspecified atom stereocenters. The third-order valence-electron chi connectivity index (χ3n) is 4.79. The zero-order chi connectivity index (χ0) is 14.2. The molecule has 0 radical (unpaired) electrons. The minimum atomic E-state index is 0. The van der Waals surface area contributed by atoms with E-state index in [4.69, 9.17) is 0 Å². The molecule has 1 atom stereocenters. The number of carbonyl (C=O) groups is 1. The Morgan fingerprint density at radius 3 is 2.59 bits per heavy atom. The first kappa shape index (κ1) is 22.0. The van der Waals surface area contributed by atoms with Gasteiger partial charge in [-0.25, -0.2) is 0 Å². The van der Waals surface area contributed by atoms with Gasteiger partial charge in [0.1, 0.15) is 0 Å². The van der Waals surface area contributed by atoms with Gasteiger partial charge in [-0.05, 0) is 76.7 Å². The van der Waals surface area contributed by atoms with Gasteiger partial charge in [-0.15, -0.1) is 24.8 Å². The van der Waals surface area contributed by atoms with Crippen LogP contribution in [0.15, 0.2) is 0 Å². The van der Waals surface area contributed by atoms with Crippen molar-refractivity contribution in [1.82, 2.24) is 15.5 Å². The number of likely N-dealkylation sites (tertiary alicyclic amines) is 1. The van der Waals surface area contributed by atoms with Crippen LogP contribution >= 0.6 is 24.8 Å². The summed E-state index contributed by atoms with van der Waals surface area (Å²) in [6, 6.07) is 0. The molecule has 2 heterocycles. The molecule has 0 aliphatic carbocycles. The van der Waals surface area contributed by atoms with Crippen molar-refractivity contribution in [3.63, 3.8) is 0 Å². The van der Waals surface area contributed by atoms with Crippen LogP contribution in [0.2, 0.25) is 0 Å². The molecular formula is C16H33Cl2N3O. The largest absolute Gasteiger partial charge is 0.356 e. The van der Waals surface area contributed by atoms with Crippen molar-refractivity contribution < 1.29 is 4.79 Å². The van der Waals surface area contributed by atoms with Crippen molar-refractivity contribution in [3.8, 4) is 0 Å². The lowest BCUT2D eigenvalue weighted by molar-refractivity contribution is -0.121. The Bertz CT molecular complexity index is 291. The van der Waals surface area contributed by atoms with Crippen LogP contribution in [0.25, 0.3) is 0 Å². The molecule has 1 amide bonds. The number of amides is 1. The average Bonchev–Trinajstić information content (AvgIpc) is 2.96. The first-order valence-corrected chi connectivity index (χ1v) is 8.44. The van der Waals surface area contributed by atoms with Gasteiger partial charge in [0.15, 0.2) is 0 Å². The Morgan fingerprint density at radius 2 is 1.95 bits per heavy atom. The predicted octanol–water partition coefficient (Wildman–Crippen LogP) is 2.46. The Kier molecular flexibility index (Phi) is 12.4. The maximum Gasteiger partial charge on any atom is 0.220 e. The molecule has 2 rings (SSSR count). The van der Waals surface area contributed by atoms with Crippen molar-refractivity contribution in [2.24, 2.45) is 11.8 Å². The molecule has 2 aliphatic heterocycles. The predicted molar refractivity (Wildman–Crippen MR) is 97.2 cm³/mol. The van der Waals surface area contributed by atoms with Crippen molar-refractivity contribution in [2.45, 2.75) is 45.4 Å². The van der Waals surface area contributed by atoms with E-state index in [2.05, 4.69) is 22.5 Å². The van der Waals surface area contributed by atoms with Gasteiger partial charge >= 0.3 is 0 Å². The van der Waals surface area contributed by atoms with Crippen LogP contribution in [-0.4, -0.2) is 50.1 Å². The van der Waals surface area contributed by atoms with Crippen LogP contribution in [0.3, 0.4) is 0 Å². The van der Waals surface area contributed by atoms with Crippen LogP contribution in [-0.2, 0) is 4.79 Å². The van der Waals surface area contributed by atoms with Gasteiger partial charge < -0.3 is 15.5 Å². The second kappa shape index (κ2) is 12.4. The third-order valence-corrected chi connectivity index (χ3v) is 4.79. The summed E-state index contributed by atoms with van der Waals surface area (Å²) < 4.78 is 0. The SMILES string of the molecule is CC1CCN(CCCNC(=O)CCC2CCNC2)CC1.Cl.Cl. The van der Waals surface area contributed by atoms with E-state index >= 15 is 0 Å². The summed E-state index contributed by atoms with van der Waals surface area (Å²) in [5, 5.41) is 6.42. The number of nitrogens with one attached hydrogen (secondary N) is 2. The van der Waals surface area contributed by atoms with E-state index < -0.39 is 0 Å². The number of nitrogens with zero attached hydrogens (tertiary/aromatic N) is 1. The molecule has 22 heavy (non-hydrogen) atoms. The van der Waals surface area contributed by atoms with Crippen molar-refractivity contribution >= 4 is 30.7 Å². The quantitative estimate of drug-likeness (QED) is 0.691. The fourth-order valence-corrected chi connectivity index (χ4v) is 3.20. The zero-order valence-electron chi connectivity index (χ0n) is 13.8. The van der Waals surface area contributed by atoms with Gasteiger partial charge in [0.2, 0.25) is 5.91 Å². The summed E-state index contributed by atoms with van der Waals surface area (Å²) >= 11 is 0. The highest BCUT2D eigenvalue weighted by Gasteiger charge is 2.16. The van der Waals surface area contributed by atoms with E-state index in [0.717, 1.165) is 50.9 Å². The first-order valence-electron chi connectivity index (χ1n) is 8.44. The molecule has 132 valence electrons. The van der Waals surface area contributed by atoms with E-state index in [-0.39, 0.29) is 30.7 Å². The minimum absolute atomic E-state index is 0. The smallest absolute Gasteiger partial charge is 0.220 e. The highest BCUT2D eigenvalue weighted by molar-refractivity contribution is 5.85. The van der Waals surface area contributed by atoms with E-state index in [1.807, 2.05) is 0 Å². The van der Waals surface area contributed by atoms with Crippen LogP contribution < -0.4 is 10.6 Å². The fourth-order valence-electron chi connectivity index (χ4n) is 3.20. The summed E-state index contributed by atoms with van der Waals surface area (Å²) in [6.45, 7) is 9.03. The lowest BCUT2D eigenvalue weighted by atomic mass is 9.99. The molecule has 0 aromatic heterocycles. The maximum absolute atomic E-state index is 11.7. The van der Waals surface area contributed by atoms with Crippen molar-refractivity contribution in [3.05, 3.63) is 0 Å². The average molecular weight is 354 g/mol. The highest BCUT2D eigenvalue weighted by atomic mass is 35.5. The van der Waals surface area contributed by atoms with Gasteiger partial charge in [0, 0.05) is 13.0 Å². The monoisotopic (exact) mass is 353 g/mol. The number of hydrogen-bond acceptors (Lipinski definition) is 3. The number of piperidine rings is 1.